The maximum atomic E-state index is 12.3. The third-order valence-corrected chi connectivity index (χ3v) is 4.53. The van der Waals surface area contributed by atoms with Gasteiger partial charge < -0.3 is 15.7 Å². The first kappa shape index (κ1) is 14.0. The molecule has 0 aliphatic heterocycles. The van der Waals surface area contributed by atoms with Gasteiger partial charge in [0.1, 0.15) is 10.6 Å². The molecule has 1 saturated carbocycles. The summed E-state index contributed by atoms with van der Waals surface area (Å²) in [7, 11) is 1.60. The Hall–Kier alpha value is -1.47. The van der Waals surface area contributed by atoms with Crippen LogP contribution in [0.4, 0.5) is 5.00 Å². The lowest BCUT2D eigenvalue weighted by Gasteiger charge is -2.19. The number of nitrogens with two attached hydrogens (primary N) is 1. The Labute approximate surface area is 115 Å². The second-order valence-corrected chi connectivity index (χ2v) is 5.67. The Balaban J connectivity index is 2.22. The largest absolute Gasteiger partial charge is 0.478 e. The number of amides is 1. The van der Waals surface area contributed by atoms with Crippen molar-refractivity contribution >= 4 is 28.4 Å². The number of carbonyl (C=O) groups excluding carboxylic acids is 1. The first-order valence-electron chi connectivity index (χ1n) is 6.14. The Kier molecular flexibility index (Phi) is 3.86. The molecule has 0 aromatic carbocycles. The number of aromatic carboxylic acids is 1. The van der Waals surface area contributed by atoms with E-state index in [0.717, 1.165) is 24.4 Å². The maximum absolute atomic E-state index is 12.3. The number of nitrogens with zero attached hydrogens (tertiary/aromatic N) is 2. The molecule has 1 aliphatic rings. The van der Waals surface area contributed by atoms with E-state index in [9.17, 15) is 14.7 Å². The fourth-order valence-electron chi connectivity index (χ4n) is 2.45. The van der Waals surface area contributed by atoms with Crippen molar-refractivity contribution in [2.75, 3.05) is 11.9 Å². The number of rotatable bonds is 3. The van der Waals surface area contributed by atoms with Crippen molar-refractivity contribution in [3.05, 3.63) is 11.3 Å². The average molecular weight is 283 g/mol. The molecule has 19 heavy (non-hydrogen) atoms. The molecule has 0 saturated heterocycles. The molecule has 3 N–H and O–H groups in total. The zero-order valence-corrected chi connectivity index (χ0v) is 11.7. The summed E-state index contributed by atoms with van der Waals surface area (Å²) < 4.78 is 4.03. The Morgan fingerprint density at radius 1 is 1.47 bits per heavy atom. The molecule has 1 aromatic heterocycles. The Morgan fingerprint density at radius 3 is 2.68 bits per heavy atom. The average Bonchev–Trinajstić information content (AvgIpc) is 2.93. The van der Waals surface area contributed by atoms with Crippen molar-refractivity contribution in [3.8, 4) is 0 Å². The normalized spacial score (nSPS) is 22.5. The third-order valence-electron chi connectivity index (χ3n) is 3.52. The lowest BCUT2D eigenvalue weighted by molar-refractivity contribution is -0.121. The summed E-state index contributed by atoms with van der Waals surface area (Å²) in [6.45, 7) is 1.63. The van der Waals surface area contributed by atoms with Gasteiger partial charge in [-0.3, -0.25) is 4.79 Å². The fraction of sp³-hybridized carbons (Fsp3) is 0.583. The molecule has 1 amide bonds. The van der Waals surface area contributed by atoms with Crippen LogP contribution < -0.4 is 10.6 Å². The van der Waals surface area contributed by atoms with Crippen LogP contribution in [0.3, 0.4) is 0 Å². The highest BCUT2D eigenvalue weighted by Gasteiger charge is 2.32. The molecule has 1 heterocycles. The summed E-state index contributed by atoms with van der Waals surface area (Å²) in [5, 5.41) is 9.58. The van der Waals surface area contributed by atoms with Crippen molar-refractivity contribution in [2.45, 2.75) is 32.2 Å². The minimum absolute atomic E-state index is 0.0703. The molecular weight excluding hydrogens is 266 g/mol. The molecule has 2 unspecified atom stereocenters. The van der Waals surface area contributed by atoms with Crippen LogP contribution in [-0.4, -0.2) is 34.4 Å². The van der Waals surface area contributed by atoms with Crippen LogP contribution in [-0.2, 0) is 4.79 Å². The van der Waals surface area contributed by atoms with Gasteiger partial charge in [-0.05, 0) is 37.7 Å². The molecule has 0 spiro atoms. The van der Waals surface area contributed by atoms with Crippen LogP contribution in [0.2, 0.25) is 0 Å². The van der Waals surface area contributed by atoms with E-state index in [1.807, 2.05) is 0 Å². The zero-order valence-electron chi connectivity index (χ0n) is 10.9. The van der Waals surface area contributed by atoms with Crippen LogP contribution >= 0.6 is 11.5 Å². The van der Waals surface area contributed by atoms with Gasteiger partial charge in [0.2, 0.25) is 5.91 Å². The summed E-state index contributed by atoms with van der Waals surface area (Å²) in [6, 6.07) is 0.0736. The second kappa shape index (κ2) is 5.26. The van der Waals surface area contributed by atoms with E-state index in [-0.39, 0.29) is 23.4 Å². The minimum atomic E-state index is -1.05. The zero-order chi connectivity index (χ0) is 14.2. The van der Waals surface area contributed by atoms with Crippen LogP contribution in [0.1, 0.15) is 35.3 Å². The van der Waals surface area contributed by atoms with Crippen molar-refractivity contribution in [1.29, 1.82) is 0 Å². The van der Waals surface area contributed by atoms with Gasteiger partial charge in [-0.2, -0.15) is 4.37 Å². The van der Waals surface area contributed by atoms with Crippen LogP contribution in [0.15, 0.2) is 0 Å². The quantitative estimate of drug-likeness (QED) is 0.870. The van der Waals surface area contributed by atoms with Crippen LogP contribution in [0.5, 0.6) is 0 Å². The molecule has 2 rings (SSSR count). The molecule has 1 aliphatic carbocycles. The highest BCUT2D eigenvalue weighted by molar-refractivity contribution is 7.11. The predicted octanol–water partition coefficient (Wildman–Crippen LogP) is 1.24. The van der Waals surface area contributed by atoms with Crippen molar-refractivity contribution in [1.82, 2.24) is 4.37 Å². The molecule has 104 valence electrons. The lowest BCUT2D eigenvalue weighted by Crippen LogP contribution is -2.33. The molecule has 0 radical (unpaired) electrons. The summed E-state index contributed by atoms with van der Waals surface area (Å²) in [6.07, 6.45) is 2.28. The molecule has 7 heteroatoms. The Bertz CT molecular complexity index is 514. The lowest BCUT2D eigenvalue weighted by atomic mass is 10.1. The summed E-state index contributed by atoms with van der Waals surface area (Å²) >= 11 is 1.04. The number of anilines is 1. The first-order chi connectivity index (χ1) is 8.91. The van der Waals surface area contributed by atoms with Crippen molar-refractivity contribution in [2.24, 2.45) is 11.7 Å². The van der Waals surface area contributed by atoms with Gasteiger partial charge in [0.25, 0.3) is 0 Å². The summed E-state index contributed by atoms with van der Waals surface area (Å²) in [4.78, 5) is 25.0. The molecule has 1 aromatic rings. The van der Waals surface area contributed by atoms with Gasteiger partial charge in [0.05, 0.1) is 5.69 Å². The SMILES string of the molecule is Cc1nsc(N(C)C(=O)C2CCC(N)C2)c1C(=O)O. The standard InChI is InChI=1S/C12H17N3O3S/c1-6-9(12(17)18)11(19-14-6)15(2)10(16)7-3-4-8(13)5-7/h7-8H,3-5,13H2,1-2H3,(H,17,18). The topological polar surface area (TPSA) is 96.5 Å². The van der Waals surface area contributed by atoms with Gasteiger partial charge in [-0.25, -0.2) is 4.79 Å². The van der Waals surface area contributed by atoms with E-state index in [1.165, 1.54) is 4.90 Å². The Morgan fingerprint density at radius 2 is 2.16 bits per heavy atom. The number of hydrogen-bond donors (Lipinski definition) is 2. The molecule has 0 bridgehead atoms. The fourth-order valence-corrected chi connectivity index (χ4v) is 3.30. The minimum Gasteiger partial charge on any atom is -0.478 e. The van der Waals surface area contributed by atoms with Gasteiger partial charge in [0, 0.05) is 19.0 Å². The number of aryl methyl sites for hydroxylation is 1. The van der Waals surface area contributed by atoms with Crippen molar-refractivity contribution < 1.29 is 14.7 Å². The second-order valence-electron chi connectivity index (χ2n) is 4.92. The van der Waals surface area contributed by atoms with E-state index in [4.69, 9.17) is 5.73 Å². The number of hydrogen-bond acceptors (Lipinski definition) is 5. The molecule has 6 nitrogen and oxygen atoms in total. The summed E-state index contributed by atoms with van der Waals surface area (Å²) in [5.74, 6) is -1.23. The van der Waals surface area contributed by atoms with E-state index in [2.05, 4.69) is 4.37 Å². The number of carboxylic acid groups (broad SMARTS) is 1. The van der Waals surface area contributed by atoms with E-state index in [1.54, 1.807) is 14.0 Å². The number of aromatic nitrogens is 1. The monoisotopic (exact) mass is 283 g/mol. The molecule has 1 fully saturated rings. The third kappa shape index (κ3) is 2.62. The van der Waals surface area contributed by atoms with Crippen LogP contribution in [0.25, 0.3) is 0 Å². The highest BCUT2D eigenvalue weighted by Crippen LogP contribution is 2.32. The maximum Gasteiger partial charge on any atom is 0.340 e. The summed E-state index contributed by atoms with van der Waals surface area (Å²) in [5.41, 5.74) is 6.36. The van der Waals surface area contributed by atoms with Gasteiger partial charge in [-0.1, -0.05) is 0 Å². The van der Waals surface area contributed by atoms with E-state index < -0.39 is 5.97 Å². The first-order valence-corrected chi connectivity index (χ1v) is 6.91. The molecular formula is C12H17N3O3S. The number of carboxylic acids is 1. The van der Waals surface area contributed by atoms with E-state index >= 15 is 0 Å². The highest BCUT2D eigenvalue weighted by atomic mass is 32.1. The van der Waals surface area contributed by atoms with Crippen molar-refractivity contribution in [3.63, 3.8) is 0 Å². The molecule has 2 atom stereocenters. The van der Waals surface area contributed by atoms with Gasteiger partial charge in [0.15, 0.2) is 0 Å². The number of carbonyl (C=O) groups is 2. The van der Waals surface area contributed by atoms with Gasteiger partial charge >= 0.3 is 5.97 Å². The smallest absolute Gasteiger partial charge is 0.340 e. The van der Waals surface area contributed by atoms with Crippen LogP contribution in [0, 0.1) is 12.8 Å². The van der Waals surface area contributed by atoms with Gasteiger partial charge in [-0.15, -0.1) is 0 Å². The van der Waals surface area contributed by atoms with E-state index in [0.29, 0.717) is 17.1 Å². The predicted molar refractivity (Wildman–Crippen MR) is 72.5 cm³/mol.